The maximum absolute atomic E-state index is 2.47. The van der Waals surface area contributed by atoms with Crippen molar-refractivity contribution in [3.8, 4) is 11.1 Å². The van der Waals surface area contributed by atoms with E-state index in [-0.39, 0.29) is 0 Å². The number of benzene rings is 11. The van der Waals surface area contributed by atoms with Crippen molar-refractivity contribution in [2.24, 2.45) is 0 Å². The molecule has 0 aliphatic carbocycles. The molecule has 1 nitrogen and oxygen atoms in total. The summed E-state index contributed by atoms with van der Waals surface area (Å²) in [6.45, 7) is 0. The van der Waals surface area contributed by atoms with E-state index in [1.165, 1.54) is 97.3 Å². The second-order valence-corrected chi connectivity index (χ2v) is 14.9. The summed E-state index contributed by atoms with van der Waals surface area (Å²) in [4.78, 5) is 2.47. The average Bonchev–Trinajstić information content (AvgIpc) is 3.25. The number of hydrogen-bond donors (Lipinski definition) is 0. The monoisotopic (exact) mass is 695 g/mol. The van der Waals surface area contributed by atoms with Crippen molar-refractivity contribution in [2.75, 3.05) is 4.90 Å². The Hall–Kier alpha value is -7.22. The molecule has 12 rings (SSSR count). The minimum atomic E-state index is 1.12. The number of hydrogen-bond acceptors (Lipinski definition) is 1. The molecule has 0 unspecified atom stereocenters. The topological polar surface area (TPSA) is 3.24 Å². The zero-order chi connectivity index (χ0) is 36.0. The lowest BCUT2D eigenvalue weighted by Crippen LogP contribution is -2.11. The lowest BCUT2D eigenvalue weighted by molar-refractivity contribution is 1.31. The van der Waals surface area contributed by atoms with Crippen LogP contribution in [-0.4, -0.2) is 0 Å². The second-order valence-electron chi connectivity index (χ2n) is 14.9. The highest BCUT2D eigenvalue weighted by atomic mass is 15.1. The van der Waals surface area contributed by atoms with Gasteiger partial charge in [-0.15, -0.1) is 0 Å². The molecule has 12 aromatic rings. The van der Waals surface area contributed by atoms with E-state index in [9.17, 15) is 0 Å². The Morgan fingerprint density at radius 1 is 0.236 bits per heavy atom. The molecule has 0 atom stereocenters. The number of nitrogens with zero attached hydrogens (tertiary/aromatic N) is 1. The molecule has 0 aromatic heterocycles. The largest absolute Gasteiger partial charge is 0.310 e. The van der Waals surface area contributed by atoms with E-state index in [0.717, 1.165) is 17.1 Å². The molecular weight excluding hydrogens is 663 g/mol. The minimum absolute atomic E-state index is 1.12. The van der Waals surface area contributed by atoms with Gasteiger partial charge in [0.25, 0.3) is 0 Å². The third-order valence-electron chi connectivity index (χ3n) is 11.9. The Labute approximate surface area is 318 Å². The molecule has 0 spiro atoms. The Balaban J connectivity index is 1.18. The molecular formula is C54H33N. The zero-order valence-electron chi connectivity index (χ0n) is 30.0. The standard InChI is InChI=1S/C54H33N/c1-3-11-39-31-41(24-21-34(39)9-1)36-25-28-43(29-26-36)55(44-30-27-35-10-2-4-12-40(35)32-44)50-33-42-15-7-18-46-45-16-5-13-37-22-23-38-14-6-17-47(52(38)51(37)45)48-19-8-20-49(50)54(48)53(42)46/h1-33H. The Kier molecular flexibility index (Phi) is 6.40. The van der Waals surface area contributed by atoms with Gasteiger partial charge in [0, 0.05) is 22.1 Å². The molecule has 0 saturated carbocycles. The van der Waals surface area contributed by atoms with Crippen LogP contribution in [0.5, 0.6) is 0 Å². The van der Waals surface area contributed by atoms with Gasteiger partial charge < -0.3 is 4.90 Å². The predicted octanol–water partition coefficient (Wildman–Crippen LogP) is 15.5. The van der Waals surface area contributed by atoms with Gasteiger partial charge in [-0.1, -0.05) is 164 Å². The first-order valence-corrected chi connectivity index (χ1v) is 19.1. The molecule has 0 aliphatic heterocycles. The molecule has 0 aliphatic rings. The lowest BCUT2D eigenvalue weighted by Gasteiger charge is -2.28. The van der Waals surface area contributed by atoms with Crippen molar-refractivity contribution in [1.29, 1.82) is 0 Å². The minimum Gasteiger partial charge on any atom is -0.310 e. The quantitative estimate of drug-likeness (QED) is 0.166. The van der Waals surface area contributed by atoms with E-state index in [4.69, 9.17) is 0 Å². The molecule has 1 heteroatoms. The molecule has 0 fully saturated rings. The van der Waals surface area contributed by atoms with E-state index in [1.54, 1.807) is 0 Å². The van der Waals surface area contributed by atoms with Gasteiger partial charge in [-0.05, 0) is 123 Å². The van der Waals surface area contributed by atoms with Crippen LogP contribution in [0, 0.1) is 0 Å². The van der Waals surface area contributed by atoms with Gasteiger partial charge in [-0.3, -0.25) is 0 Å². The molecule has 0 radical (unpaired) electrons. The van der Waals surface area contributed by atoms with Crippen molar-refractivity contribution in [2.45, 2.75) is 0 Å². The maximum Gasteiger partial charge on any atom is 0.0546 e. The van der Waals surface area contributed by atoms with Crippen molar-refractivity contribution in [3.05, 3.63) is 200 Å². The third kappa shape index (κ3) is 4.54. The number of anilines is 3. The normalized spacial score (nSPS) is 12.0. The summed E-state index contributed by atoms with van der Waals surface area (Å²) in [6, 6.07) is 74.4. The van der Waals surface area contributed by atoms with Crippen molar-refractivity contribution >= 4 is 103 Å². The third-order valence-corrected chi connectivity index (χ3v) is 11.9. The SMILES string of the molecule is c1ccc2cc(-c3ccc(N(c4ccc5ccccc5c4)c4cc5cccc6c7cccc8ccc9cccc(c%10cccc4c%10c56)c9c87)cc3)ccc2c1. The summed E-state index contributed by atoms with van der Waals surface area (Å²) >= 11 is 0. The van der Waals surface area contributed by atoms with Crippen LogP contribution >= 0.6 is 0 Å². The van der Waals surface area contributed by atoms with E-state index < -0.39 is 0 Å². The van der Waals surface area contributed by atoms with E-state index in [0.29, 0.717) is 0 Å². The van der Waals surface area contributed by atoms with E-state index in [2.05, 4.69) is 205 Å². The van der Waals surface area contributed by atoms with Crippen LogP contribution in [0.15, 0.2) is 200 Å². The van der Waals surface area contributed by atoms with Gasteiger partial charge in [-0.2, -0.15) is 0 Å². The average molecular weight is 696 g/mol. The van der Waals surface area contributed by atoms with E-state index >= 15 is 0 Å². The summed E-state index contributed by atoms with van der Waals surface area (Å²) in [5, 5.41) is 20.4. The number of fused-ring (bicyclic) bond motifs is 4. The van der Waals surface area contributed by atoms with Crippen molar-refractivity contribution in [3.63, 3.8) is 0 Å². The van der Waals surface area contributed by atoms with Crippen LogP contribution in [0.2, 0.25) is 0 Å². The zero-order valence-corrected chi connectivity index (χ0v) is 30.0. The first-order valence-electron chi connectivity index (χ1n) is 19.1. The molecule has 254 valence electrons. The van der Waals surface area contributed by atoms with Gasteiger partial charge in [0.1, 0.15) is 0 Å². The molecule has 0 bridgehead atoms. The van der Waals surface area contributed by atoms with Crippen LogP contribution in [-0.2, 0) is 0 Å². The van der Waals surface area contributed by atoms with E-state index in [1.807, 2.05) is 0 Å². The summed E-state index contributed by atoms with van der Waals surface area (Å²) in [6.07, 6.45) is 0. The Morgan fingerprint density at radius 3 is 1.33 bits per heavy atom. The fourth-order valence-corrected chi connectivity index (χ4v) is 9.38. The fourth-order valence-electron chi connectivity index (χ4n) is 9.38. The van der Waals surface area contributed by atoms with Crippen LogP contribution in [0.25, 0.3) is 97.3 Å². The molecule has 0 amide bonds. The molecule has 0 saturated heterocycles. The summed E-state index contributed by atoms with van der Waals surface area (Å²) in [5.74, 6) is 0. The lowest BCUT2D eigenvalue weighted by atomic mass is 9.87. The van der Waals surface area contributed by atoms with Crippen molar-refractivity contribution < 1.29 is 0 Å². The highest BCUT2D eigenvalue weighted by Gasteiger charge is 2.21. The highest BCUT2D eigenvalue weighted by Crippen LogP contribution is 2.48. The van der Waals surface area contributed by atoms with Gasteiger partial charge >= 0.3 is 0 Å². The smallest absolute Gasteiger partial charge is 0.0546 e. The van der Waals surface area contributed by atoms with Crippen LogP contribution in [0.4, 0.5) is 17.1 Å². The summed E-state index contributed by atoms with van der Waals surface area (Å²) < 4.78 is 0. The molecule has 12 aromatic carbocycles. The van der Waals surface area contributed by atoms with Gasteiger partial charge in [0.2, 0.25) is 0 Å². The molecule has 0 heterocycles. The summed E-state index contributed by atoms with van der Waals surface area (Å²) in [7, 11) is 0. The first-order chi connectivity index (χ1) is 27.3. The summed E-state index contributed by atoms with van der Waals surface area (Å²) in [5.41, 5.74) is 5.82. The predicted molar refractivity (Wildman–Crippen MR) is 238 cm³/mol. The fraction of sp³-hybridized carbons (Fsp3) is 0. The molecule has 55 heavy (non-hydrogen) atoms. The maximum atomic E-state index is 2.47. The number of rotatable bonds is 4. The van der Waals surface area contributed by atoms with Crippen molar-refractivity contribution in [1.82, 2.24) is 0 Å². The first kappa shape index (κ1) is 30.3. The van der Waals surface area contributed by atoms with Crippen LogP contribution < -0.4 is 4.90 Å². The van der Waals surface area contributed by atoms with Gasteiger partial charge in [0.05, 0.1) is 5.69 Å². The molecule has 0 N–H and O–H groups in total. The second kappa shape index (κ2) is 11.6. The Bertz CT molecular complexity index is 3480. The Morgan fingerprint density at radius 2 is 0.673 bits per heavy atom. The van der Waals surface area contributed by atoms with Crippen LogP contribution in [0.1, 0.15) is 0 Å². The van der Waals surface area contributed by atoms with Crippen LogP contribution in [0.3, 0.4) is 0 Å². The highest BCUT2D eigenvalue weighted by molar-refractivity contribution is 6.38. The van der Waals surface area contributed by atoms with Gasteiger partial charge in [0.15, 0.2) is 0 Å². The van der Waals surface area contributed by atoms with Gasteiger partial charge in [-0.25, -0.2) is 0 Å².